The highest BCUT2D eigenvalue weighted by atomic mass is 35.5. The van der Waals surface area contributed by atoms with Crippen molar-refractivity contribution in [1.82, 2.24) is 15.0 Å². The molecule has 0 radical (unpaired) electrons. The number of hydrogen-bond donors (Lipinski definition) is 2. The zero-order valence-electron chi connectivity index (χ0n) is 11.5. The van der Waals surface area contributed by atoms with E-state index in [1.54, 1.807) is 18.6 Å². The molecule has 3 aromatic rings. The maximum atomic E-state index is 11.9. The van der Waals surface area contributed by atoms with Crippen LogP contribution in [0, 0.1) is 0 Å². The summed E-state index contributed by atoms with van der Waals surface area (Å²) in [5, 5.41) is 2.76. The van der Waals surface area contributed by atoms with Crippen LogP contribution in [-0.2, 0) is 11.2 Å². The molecule has 0 aliphatic carbocycles. The molecule has 22 heavy (non-hydrogen) atoms. The van der Waals surface area contributed by atoms with E-state index in [2.05, 4.69) is 20.3 Å². The maximum absolute atomic E-state index is 11.9. The van der Waals surface area contributed by atoms with Gasteiger partial charge >= 0.3 is 0 Å². The van der Waals surface area contributed by atoms with E-state index < -0.39 is 0 Å². The van der Waals surface area contributed by atoms with Crippen molar-refractivity contribution in [3.8, 4) is 11.3 Å². The molecular formula is C15H13ClN4OS. The van der Waals surface area contributed by atoms with E-state index >= 15 is 0 Å². The molecule has 0 atom stereocenters. The summed E-state index contributed by atoms with van der Waals surface area (Å²) in [4.78, 5) is 24.2. The molecule has 3 heterocycles. The minimum Gasteiger partial charge on any atom is -0.324 e. The van der Waals surface area contributed by atoms with Gasteiger partial charge in [-0.05, 0) is 30.7 Å². The smallest absolute Gasteiger partial charge is 0.227 e. The van der Waals surface area contributed by atoms with Crippen molar-refractivity contribution in [2.75, 3.05) is 5.32 Å². The number of pyridine rings is 1. The normalized spacial score (nSPS) is 10.6. The SMILES string of the molecule is O=C(CCc1ccc(Cl)s1)Nc1ncc(-c2ccncc2)[nH]1. The standard InChI is InChI=1S/C15H13ClN4OS/c16-13-3-1-11(22-13)2-4-14(21)20-15-18-9-12(19-15)10-5-7-17-8-6-10/h1,3,5-9H,2,4H2,(H2,18,19,20,21). The number of nitrogens with zero attached hydrogens (tertiary/aromatic N) is 2. The Balaban J connectivity index is 1.57. The number of aryl methyl sites for hydroxylation is 1. The minimum atomic E-state index is -0.0832. The molecule has 7 heteroatoms. The lowest BCUT2D eigenvalue weighted by atomic mass is 10.2. The van der Waals surface area contributed by atoms with Crippen LogP contribution in [0.1, 0.15) is 11.3 Å². The number of H-pyrrole nitrogens is 1. The maximum Gasteiger partial charge on any atom is 0.227 e. The minimum absolute atomic E-state index is 0.0832. The number of thiophene rings is 1. The average Bonchev–Trinajstić information content (AvgIpc) is 3.15. The fourth-order valence-electron chi connectivity index (χ4n) is 1.98. The number of aromatic amines is 1. The van der Waals surface area contributed by atoms with Gasteiger partial charge < -0.3 is 4.98 Å². The molecule has 0 aliphatic rings. The zero-order chi connectivity index (χ0) is 15.4. The van der Waals surface area contributed by atoms with Gasteiger partial charge in [-0.15, -0.1) is 11.3 Å². The van der Waals surface area contributed by atoms with Crippen molar-refractivity contribution in [2.24, 2.45) is 0 Å². The van der Waals surface area contributed by atoms with E-state index in [0.717, 1.165) is 20.5 Å². The van der Waals surface area contributed by atoms with Crippen molar-refractivity contribution in [3.05, 3.63) is 52.1 Å². The first kappa shape index (κ1) is 14.7. The number of hydrogen-bond acceptors (Lipinski definition) is 4. The van der Waals surface area contributed by atoms with E-state index in [9.17, 15) is 4.79 Å². The van der Waals surface area contributed by atoms with Crippen LogP contribution < -0.4 is 5.32 Å². The summed E-state index contributed by atoms with van der Waals surface area (Å²) in [6.07, 6.45) is 6.16. The number of imidazole rings is 1. The highest BCUT2D eigenvalue weighted by Gasteiger charge is 2.08. The second-order valence-electron chi connectivity index (χ2n) is 4.64. The van der Waals surface area contributed by atoms with Gasteiger partial charge in [-0.2, -0.15) is 0 Å². The van der Waals surface area contributed by atoms with Gasteiger partial charge in [0.25, 0.3) is 0 Å². The number of rotatable bonds is 5. The Morgan fingerprint density at radius 2 is 2.09 bits per heavy atom. The average molecular weight is 333 g/mol. The predicted octanol–water partition coefficient (Wildman–Crippen LogP) is 3.76. The molecule has 0 fully saturated rings. The number of carbonyl (C=O) groups excluding carboxylic acids is 1. The Kier molecular flexibility index (Phi) is 4.50. The van der Waals surface area contributed by atoms with E-state index in [-0.39, 0.29) is 5.91 Å². The van der Waals surface area contributed by atoms with Crippen molar-refractivity contribution in [2.45, 2.75) is 12.8 Å². The number of anilines is 1. The summed E-state index contributed by atoms with van der Waals surface area (Å²) < 4.78 is 0.739. The van der Waals surface area contributed by atoms with Crippen molar-refractivity contribution >= 4 is 34.8 Å². The third-order valence-corrected chi connectivity index (χ3v) is 4.34. The molecule has 0 bridgehead atoms. The first-order valence-corrected chi connectivity index (χ1v) is 7.89. The first-order valence-electron chi connectivity index (χ1n) is 6.70. The molecule has 1 amide bonds. The molecule has 2 N–H and O–H groups in total. The highest BCUT2D eigenvalue weighted by molar-refractivity contribution is 7.16. The topological polar surface area (TPSA) is 70.7 Å². The van der Waals surface area contributed by atoms with Crippen LogP contribution in [0.5, 0.6) is 0 Å². The van der Waals surface area contributed by atoms with E-state index in [1.165, 1.54) is 11.3 Å². The van der Waals surface area contributed by atoms with E-state index in [0.29, 0.717) is 18.8 Å². The summed E-state index contributed by atoms with van der Waals surface area (Å²) in [5.74, 6) is 0.362. The number of halogens is 1. The number of amides is 1. The highest BCUT2D eigenvalue weighted by Crippen LogP contribution is 2.22. The Bertz CT molecular complexity index is 769. The molecule has 0 spiro atoms. The summed E-state index contributed by atoms with van der Waals surface area (Å²) >= 11 is 7.36. The monoisotopic (exact) mass is 332 g/mol. The third-order valence-electron chi connectivity index (χ3n) is 3.05. The molecule has 3 rings (SSSR count). The molecule has 112 valence electrons. The van der Waals surface area contributed by atoms with Crippen LogP contribution in [0.25, 0.3) is 11.3 Å². The quantitative estimate of drug-likeness (QED) is 0.747. The largest absolute Gasteiger partial charge is 0.324 e. The van der Waals surface area contributed by atoms with Crippen LogP contribution in [0.2, 0.25) is 4.34 Å². The van der Waals surface area contributed by atoms with Crippen molar-refractivity contribution in [3.63, 3.8) is 0 Å². The van der Waals surface area contributed by atoms with Gasteiger partial charge in [0.15, 0.2) is 0 Å². The lowest BCUT2D eigenvalue weighted by molar-refractivity contribution is -0.116. The lowest BCUT2D eigenvalue weighted by Crippen LogP contribution is -2.13. The number of nitrogens with one attached hydrogen (secondary N) is 2. The molecule has 0 aromatic carbocycles. The Hall–Kier alpha value is -2.18. The second-order valence-corrected chi connectivity index (χ2v) is 6.44. The number of aromatic nitrogens is 3. The zero-order valence-corrected chi connectivity index (χ0v) is 13.1. The van der Waals surface area contributed by atoms with Crippen LogP contribution in [-0.4, -0.2) is 20.9 Å². The number of carbonyl (C=O) groups is 1. The lowest BCUT2D eigenvalue weighted by Gasteiger charge is -2.01. The van der Waals surface area contributed by atoms with Crippen molar-refractivity contribution < 1.29 is 4.79 Å². The summed E-state index contributed by atoms with van der Waals surface area (Å²) in [6.45, 7) is 0. The van der Waals surface area contributed by atoms with Crippen LogP contribution in [0.3, 0.4) is 0 Å². The predicted molar refractivity (Wildman–Crippen MR) is 88.1 cm³/mol. The van der Waals surface area contributed by atoms with Gasteiger partial charge in [0.2, 0.25) is 11.9 Å². The summed E-state index contributed by atoms with van der Waals surface area (Å²) in [6, 6.07) is 7.53. The van der Waals surface area contributed by atoms with Crippen LogP contribution >= 0.6 is 22.9 Å². The second kappa shape index (κ2) is 6.72. The molecule has 3 aromatic heterocycles. The van der Waals surface area contributed by atoms with Gasteiger partial charge in [0, 0.05) is 29.3 Å². The Morgan fingerprint density at radius 1 is 1.27 bits per heavy atom. The molecule has 0 unspecified atom stereocenters. The molecule has 5 nitrogen and oxygen atoms in total. The van der Waals surface area contributed by atoms with Crippen molar-refractivity contribution in [1.29, 1.82) is 0 Å². The molecule has 0 saturated carbocycles. The van der Waals surface area contributed by atoms with Crippen LogP contribution in [0.15, 0.2) is 42.9 Å². The summed E-state index contributed by atoms with van der Waals surface area (Å²) in [5.41, 5.74) is 1.80. The van der Waals surface area contributed by atoms with Gasteiger partial charge in [0.05, 0.1) is 16.2 Å². The summed E-state index contributed by atoms with van der Waals surface area (Å²) in [7, 11) is 0. The Labute approximate surface area is 136 Å². The third kappa shape index (κ3) is 3.72. The van der Waals surface area contributed by atoms with Gasteiger partial charge in [-0.25, -0.2) is 4.98 Å². The van der Waals surface area contributed by atoms with Gasteiger partial charge in [-0.3, -0.25) is 15.1 Å². The molecule has 0 saturated heterocycles. The fourth-order valence-corrected chi connectivity index (χ4v) is 3.07. The first-order chi connectivity index (χ1) is 10.7. The molecular weight excluding hydrogens is 320 g/mol. The van der Waals surface area contributed by atoms with E-state index in [4.69, 9.17) is 11.6 Å². The van der Waals surface area contributed by atoms with Crippen LogP contribution in [0.4, 0.5) is 5.95 Å². The molecule has 0 aliphatic heterocycles. The fraction of sp³-hybridized carbons (Fsp3) is 0.133. The Morgan fingerprint density at radius 3 is 2.82 bits per heavy atom. The van der Waals surface area contributed by atoms with Gasteiger partial charge in [-0.1, -0.05) is 11.6 Å². The van der Waals surface area contributed by atoms with E-state index in [1.807, 2.05) is 24.3 Å². The van der Waals surface area contributed by atoms with Gasteiger partial charge in [0.1, 0.15) is 0 Å².